The Bertz CT molecular complexity index is 1750. The van der Waals surface area contributed by atoms with E-state index in [1.165, 1.54) is 5.56 Å². The first-order valence-electron chi connectivity index (χ1n) is 25.6. The molecule has 3 aliphatic heterocycles. The molecule has 3 saturated heterocycles. The van der Waals surface area contributed by atoms with Crippen LogP contribution in [0.5, 0.6) is 0 Å². The molecular weight excluding hydrogens is 869 g/mol. The normalized spacial score (nSPS) is 26.5. The molecule has 3 heterocycles. The molecule has 4 aliphatic rings. The summed E-state index contributed by atoms with van der Waals surface area (Å²) in [7, 11) is -10.3. The molecule has 0 N–H and O–H groups in total. The van der Waals surface area contributed by atoms with E-state index in [2.05, 4.69) is 112 Å². The number of benzene rings is 2. The molecule has 2 bridgehead atoms. The fraction of sp³-hybridized carbons (Fsp3) is 0.731. The number of hydrogen-bond acceptors (Lipinski definition) is 8. The van der Waals surface area contributed by atoms with Crippen LogP contribution in [-0.4, -0.2) is 82.7 Å². The number of fused-ring (bicyclic) bond motifs is 3. The number of hydrogen-bond donors (Lipinski definition) is 0. The van der Waals surface area contributed by atoms with Gasteiger partial charge in [-0.2, -0.15) is 0 Å². The van der Waals surface area contributed by atoms with Crippen LogP contribution in [0.3, 0.4) is 0 Å². The molecular formula is C52H88O8SSi3. The van der Waals surface area contributed by atoms with Crippen LogP contribution in [0, 0.1) is 17.3 Å². The molecule has 0 spiro atoms. The highest BCUT2D eigenvalue weighted by Gasteiger charge is 2.55. The summed E-state index contributed by atoms with van der Waals surface area (Å²) >= 11 is 0. The second kappa shape index (κ2) is 24.2. The average molecular weight is 958 g/mol. The average Bonchev–Trinajstić information content (AvgIpc) is 3.66. The lowest BCUT2D eigenvalue weighted by atomic mass is 9.85. The van der Waals surface area contributed by atoms with Crippen LogP contribution >= 0.6 is 0 Å². The van der Waals surface area contributed by atoms with E-state index in [4.69, 9.17) is 27.5 Å². The van der Waals surface area contributed by atoms with Crippen LogP contribution in [0.25, 0.3) is 0 Å². The van der Waals surface area contributed by atoms with E-state index in [0.717, 1.165) is 92.9 Å². The minimum Gasteiger partial charge on any atom is -0.414 e. The van der Waals surface area contributed by atoms with Crippen LogP contribution in [-0.2, 0) is 43.7 Å². The Labute approximate surface area is 393 Å². The summed E-state index contributed by atoms with van der Waals surface area (Å²) < 4.78 is 72.7. The predicted octanol–water partition coefficient (Wildman–Crippen LogP) is 13.5. The van der Waals surface area contributed by atoms with Gasteiger partial charge in [-0.1, -0.05) is 130 Å². The summed E-state index contributed by atoms with van der Waals surface area (Å²) in [6, 6.07) is 29.1. The van der Waals surface area contributed by atoms with Gasteiger partial charge < -0.3 is 27.5 Å². The van der Waals surface area contributed by atoms with Crippen molar-refractivity contribution in [2.24, 2.45) is 17.3 Å². The molecule has 362 valence electrons. The first-order chi connectivity index (χ1) is 30.7. The van der Waals surface area contributed by atoms with Crippen LogP contribution in [0.15, 0.2) is 77.7 Å². The molecule has 6 rings (SSSR count). The highest BCUT2D eigenvalue weighted by atomic mass is 32.2. The SMILES string of the molecule is CC[Si](CC)(CC)O[C@@H](CCc1ccccc1)C[C@@H]([C@@H]1[C@@H](C/C=C\CCCC23OCC(C)(CO2)CO3)[C@H](O[Si](CC)(CC)CC)C[C@H]1O[Si](CC)(CC)CC)S(=O)(=O)c1ccccc1. The number of sulfone groups is 1. The number of rotatable bonds is 29. The molecule has 6 atom stereocenters. The van der Waals surface area contributed by atoms with Gasteiger partial charge in [-0.3, -0.25) is 0 Å². The lowest BCUT2D eigenvalue weighted by Crippen LogP contribution is -2.58. The fourth-order valence-electron chi connectivity index (χ4n) is 11.0. The summed E-state index contributed by atoms with van der Waals surface area (Å²) in [5.41, 5.74) is 1.20. The van der Waals surface area contributed by atoms with E-state index in [0.29, 0.717) is 37.6 Å². The monoisotopic (exact) mass is 957 g/mol. The largest absolute Gasteiger partial charge is 0.414 e. The van der Waals surface area contributed by atoms with Crippen molar-refractivity contribution in [3.8, 4) is 0 Å². The van der Waals surface area contributed by atoms with Gasteiger partial charge in [0, 0.05) is 23.9 Å². The van der Waals surface area contributed by atoms with Crippen molar-refractivity contribution in [1.82, 2.24) is 0 Å². The van der Waals surface area contributed by atoms with Crippen molar-refractivity contribution in [2.45, 2.75) is 209 Å². The lowest BCUT2D eigenvalue weighted by Gasteiger charge is -2.50. The van der Waals surface area contributed by atoms with E-state index < -0.39 is 46.0 Å². The van der Waals surface area contributed by atoms with Crippen LogP contribution < -0.4 is 0 Å². The molecule has 4 fully saturated rings. The highest BCUT2D eigenvalue weighted by Crippen LogP contribution is 2.49. The molecule has 8 nitrogen and oxygen atoms in total. The Kier molecular flexibility index (Phi) is 20.2. The Balaban J connectivity index is 1.60. The zero-order chi connectivity index (χ0) is 46.5. The zero-order valence-corrected chi connectivity index (χ0v) is 45.5. The van der Waals surface area contributed by atoms with Gasteiger partial charge >= 0.3 is 0 Å². The van der Waals surface area contributed by atoms with Gasteiger partial charge in [0.25, 0.3) is 5.97 Å². The minimum absolute atomic E-state index is 0.0400. The molecule has 2 aromatic carbocycles. The summed E-state index contributed by atoms with van der Waals surface area (Å²) in [6.45, 7) is 24.7. The number of ether oxygens (including phenoxy) is 3. The van der Waals surface area contributed by atoms with Crippen LogP contribution in [0.1, 0.15) is 120 Å². The van der Waals surface area contributed by atoms with Gasteiger partial charge in [0.15, 0.2) is 34.8 Å². The van der Waals surface area contributed by atoms with Gasteiger partial charge in [0.05, 0.1) is 42.2 Å². The third-order valence-electron chi connectivity index (χ3n) is 16.2. The van der Waals surface area contributed by atoms with Crippen molar-refractivity contribution in [1.29, 1.82) is 0 Å². The highest BCUT2D eigenvalue weighted by molar-refractivity contribution is 7.92. The van der Waals surface area contributed by atoms with Crippen molar-refractivity contribution in [3.05, 3.63) is 78.4 Å². The quantitative estimate of drug-likeness (QED) is 0.0453. The Morgan fingerprint density at radius 1 is 0.688 bits per heavy atom. The molecule has 0 aromatic heterocycles. The Morgan fingerprint density at radius 3 is 1.70 bits per heavy atom. The number of allylic oxidation sites excluding steroid dienone is 2. The van der Waals surface area contributed by atoms with Gasteiger partial charge in [-0.25, -0.2) is 8.42 Å². The summed E-state index contributed by atoms with van der Waals surface area (Å²) in [5.74, 6) is -1.24. The molecule has 0 amide bonds. The van der Waals surface area contributed by atoms with Crippen LogP contribution in [0.4, 0.5) is 0 Å². The minimum atomic E-state index is -3.86. The maximum Gasteiger partial charge on any atom is 0.282 e. The smallest absolute Gasteiger partial charge is 0.282 e. The molecule has 2 aromatic rings. The van der Waals surface area contributed by atoms with Gasteiger partial charge in [0.2, 0.25) is 0 Å². The first kappa shape index (κ1) is 53.5. The summed E-state index contributed by atoms with van der Waals surface area (Å²) in [5, 5.41) is -0.711. The second-order valence-corrected chi connectivity index (χ2v) is 36.2. The van der Waals surface area contributed by atoms with Crippen molar-refractivity contribution >= 4 is 34.8 Å². The maximum atomic E-state index is 15.8. The molecule has 0 unspecified atom stereocenters. The first-order valence-corrected chi connectivity index (χ1v) is 34.8. The molecule has 1 saturated carbocycles. The Hall–Kier alpha value is -1.46. The maximum absolute atomic E-state index is 15.8. The molecule has 64 heavy (non-hydrogen) atoms. The van der Waals surface area contributed by atoms with Crippen molar-refractivity contribution in [2.75, 3.05) is 19.8 Å². The fourth-order valence-corrected chi connectivity index (χ4v) is 21.9. The summed E-state index contributed by atoms with van der Waals surface area (Å²) in [6.07, 6.45) is 9.99. The molecule has 12 heteroatoms. The van der Waals surface area contributed by atoms with E-state index in [1.807, 2.05) is 18.2 Å². The second-order valence-electron chi connectivity index (χ2n) is 19.9. The third-order valence-corrected chi connectivity index (χ3v) is 32.5. The molecule has 0 radical (unpaired) electrons. The van der Waals surface area contributed by atoms with Crippen molar-refractivity contribution < 1.29 is 35.9 Å². The lowest BCUT2D eigenvalue weighted by molar-refractivity contribution is -0.467. The van der Waals surface area contributed by atoms with Gasteiger partial charge in [0.1, 0.15) is 0 Å². The summed E-state index contributed by atoms with van der Waals surface area (Å²) in [4.78, 5) is 0.394. The van der Waals surface area contributed by atoms with E-state index in [-0.39, 0.29) is 35.6 Å². The third kappa shape index (κ3) is 13.0. The van der Waals surface area contributed by atoms with Crippen LogP contribution in [0.2, 0.25) is 54.4 Å². The Morgan fingerprint density at radius 2 is 1.19 bits per heavy atom. The van der Waals surface area contributed by atoms with E-state index >= 15 is 8.42 Å². The van der Waals surface area contributed by atoms with E-state index in [1.54, 1.807) is 12.1 Å². The van der Waals surface area contributed by atoms with Crippen molar-refractivity contribution in [3.63, 3.8) is 0 Å². The topological polar surface area (TPSA) is 89.5 Å². The number of unbranched alkanes of at least 4 members (excludes halogenated alkanes) is 1. The van der Waals surface area contributed by atoms with E-state index in [9.17, 15) is 0 Å². The predicted molar refractivity (Wildman–Crippen MR) is 271 cm³/mol. The number of aryl methyl sites for hydroxylation is 1. The standard InChI is InChI=1S/C52H88O8SSi3/c1-11-62(12-2,13-3)58-44(36-35-43-30-24-22-25-31-43)38-49(61(53,54)45-32-26-23-27-33-45)50-46(34-28-20-21-29-37-52-55-40-51(10,41-56-52)42-57-52)47(59-63(14-4,15-5)16-6)39-48(50)60-64(17-7,18-8)19-9/h20,22-28,30-33,44,46-50H,11-19,21,29,34-42H2,1-10H3/b28-20-/t44-,46-,47+,48+,49-,50+,51?,52?/m0/s1. The molecule has 1 aliphatic carbocycles. The zero-order valence-electron chi connectivity index (χ0n) is 41.7. The van der Waals surface area contributed by atoms with Gasteiger partial charge in [-0.05, 0) is 123 Å². The van der Waals surface area contributed by atoms with Gasteiger partial charge in [-0.15, -0.1) is 0 Å².